The van der Waals surface area contributed by atoms with Crippen LogP contribution in [0, 0.1) is 11.3 Å². The zero-order valence-electron chi connectivity index (χ0n) is 6.00. The fourth-order valence-electron chi connectivity index (χ4n) is 1.11. The van der Waals surface area contributed by atoms with Crippen LogP contribution in [0.3, 0.4) is 0 Å². The van der Waals surface area contributed by atoms with Gasteiger partial charge in [0, 0.05) is 9.86 Å². The van der Waals surface area contributed by atoms with E-state index in [-0.39, 0.29) is 0 Å². The Labute approximate surface area is 77.1 Å². The van der Waals surface area contributed by atoms with Gasteiger partial charge >= 0.3 is 0 Å². The topological polar surface area (TPSA) is 52.5 Å². The number of benzene rings is 1. The van der Waals surface area contributed by atoms with Crippen molar-refractivity contribution in [3.63, 3.8) is 0 Å². The van der Waals surface area contributed by atoms with E-state index < -0.39 is 0 Å². The van der Waals surface area contributed by atoms with Crippen LogP contribution >= 0.6 is 15.9 Å². The minimum Gasteiger partial charge on any atom is -0.276 e. The van der Waals surface area contributed by atoms with Crippen molar-refractivity contribution in [2.45, 2.75) is 0 Å². The summed E-state index contributed by atoms with van der Waals surface area (Å²) in [5.74, 6) is 0. The van der Waals surface area contributed by atoms with Crippen LogP contribution in [0.2, 0.25) is 0 Å². The Morgan fingerprint density at radius 2 is 2.33 bits per heavy atom. The number of nitrogens with zero attached hydrogens (tertiary/aromatic N) is 2. The zero-order chi connectivity index (χ0) is 8.55. The maximum atomic E-state index is 8.76. The third-order valence-electron chi connectivity index (χ3n) is 1.63. The Bertz CT molecular complexity index is 467. The number of halogens is 1. The molecule has 12 heavy (non-hydrogen) atoms. The number of aromatic nitrogens is 2. The molecule has 4 heteroatoms. The molecule has 2 aromatic rings. The predicted molar refractivity (Wildman–Crippen MR) is 48.5 cm³/mol. The minimum absolute atomic E-state index is 0.608. The van der Waals surface area contributed by atoms with E-state index in [9.17, 15) is 0 Å². The third-order valence-corrected chi connectivity index (χ3v) is 2.09. The maximum Gasteiger partial charge on any atom is 0.101 e. The molecular weight excluding hydrogens is 218 g/mol. The molecule has 1 aromatic carbocycles. The first-order valence-electron chi connectivity index (χ1n) is 3.34. The lowest BCUT2D eigenvalue weighted by atomic mass is 10.2. The van der Waals surface area contributed by atoms with Crippen LogP contribution in [-0.2, 0) is 0 Å². The van der Waals surface area contributed by atoms with Gasteiger partial charge in [-0.15, -0.1) is 0 Å². The van der Waals surface area contributed by atoms with Crippen LogP contribution in [0.1, 0.15) is 5.56 Å². The van der Waals surface area contributed by atoms with Gasteiger partial charge in [0.05, 0.1) is 17.3 Å². The van der Waals surface area contributed by atoms with E-state index in [1.165, 1.54) is 0 Å². The highest BCUT2D eigenvalue weighted by Gasteiger charge is 2.03. The van der Waals surface area contributed by atoms with Crippen molar-refractivity contribution >= 4 is 26.8 Å². The summed E-state index contributed by atoms with van der Waals surface area (Å²) >= 11 is 3.32. The summed E-state index contributed by atoms with van der Waals surface area (Å²) in [5, 5.41) is 16.3. The highest BCUT2D eigenvalue weighted by Crippen LogP contribution is 2.21. The summed E-state index contributed by atoms with van der Waals surface area (Å²) in [7, 11) is 0. The summed E-state index contributed by atoms with van der Waals surface area (Å²) < 4.78 is 0.896. The molecule has 2 rings (SSSR count). The van der Waals surface area contributed by atoms with E-state index in [2.05, 4.69) is 32.2 Å². The Morgan fingerprint density at radius 3 is 3.08 bits per heavy atom. The molecule has 0 spiro atoms. The molecule has 58 valence electrons. The van der Waals surface area contributed by atoms with Crippen molar-refractivity contribution in [2.75, 3.05) is 0 Å². The van der Waals surface area contributed by atoms with Crippen LogP contribution in [0.5, 0.6) is 0 Å². The molecular formula is C8H4BrN3. The minimum atomic E-state index is 0.608. The highest BCUT2D eigenvalue weighted by atomic mass is 79.9. The van der Waals surface area contributed by atoms with Crippen LogP contribution in [-0.4, -0.2) is 10.2 Å². The van der Waals surface area contributed by atoms with Gasteiger partial charge in [0.2, 0.25) is 0 Å². The predicted octanol–water partition coefficient (Wildman–Crippen LogP) is 2.20. The summed E-state index contributed by atoms with van der Waals surface area (Å²) in [6.45, 7) is 0. The van der Waals surface area contributed by atoms with Gasteiger partial charge in [-0.25, -0.2) is 0 Å². The molecule has 0 bridgehead atoms. The van der Waals surface area contributed by atoms with Crippen molar-refractivity contribution in [3.8, 4) is 6.07 Å². The van der Waals surface area contributed by atoms with Crippen LogP contribution in [0.25, 0.3) is 10.9 Å². The standard InChI is InChI=1S/C8H4BrN3/c9-7-1-5(3-10)8-6(2-7)4-11-12-8/h1-2,4H,(H,11,12). The molecule has 1 heterocycles. The first kappa shape index (κ1) is 7.32. The monoisotopic (exact) mass is 221 g/mol. The number of nitriles is 1. The molecule has 0 aliphatic rings. The summed E-state index contributed by atoms with van der Waals surface area (Å²) in [6.07, 6.45) is 1.70. The van der Waals surface area contributed by atoms with E-state index in [0.717, 1.165) is 15.4 Å². The van der Waals surface area contributed by atoms with Gasteiger partial charge in [-0.2, -0.15) is 10.4 Å². The Morgan fingerprint density at radius 1 is 1.50 bits per heavy atom. The molecule has 0 amide bonds. The smallest absolute Gasteiger partial charge is 0.101 e. The quantitative estimate of drug-likeness (QED) is 0.742. The van der Waals surface area contributed by atoms with Crippen molar-refractivity contribution < 1.29 is 0 Å². The van der Waals surface area contributed by atoms with Crippen molar-refractivity contribution in [1.29, 1.82) is 5.26 Å². The SMILES string of the molecule is N#Cc1cc(Br)cc2cn[nH]c12. The van der Waals surface area contributed by atoms with Crippen LogP contribution in [0.4, 0.5) is 0 Å². The molecule has 3 nitrogen and oxygen atoms in total. The average Bonchev–Trinajstić information content (AvgIpc) is 2.50. The van der Waals surface area contributed by atoms with Gasteiger partial charge in [-0.05, 0) is 12.1 Å². The van der Waals surface area contributed by atoms with E-state index in [0.29, 0.717) is 5.56 Å². The Hall–Kier alpha value is -1.34. The number of H-pyrrole nitrogens is 1. The first-order valence-corrected chi connectivity index (χ1v) is 4.13. The molecule has 1 N–H and O–H groups in total. The summed E-state index contributed by atoms with van der Waals surface area (Å²) in [6, 6.07) is 5.78. The zero-order valence-corrected chi connectivity index (χ0v) is 7.59. The van der Waals surface area contributed by atoms with Gasteiger partial charge in [0.25, 0.3) is 0 Å². The first-order chi connectivity index (χ1) is 5.81. The molecule has 0 aliphatic heterocycles. The van der Waals surface area contributed by atoms with E-state index in [1.54, 1.807) is 12.3 Å². The Balaban J connectivity index is 2.91. The maximum absolute atomic E-state index is 8.76. The molecule has 0 fully saturated rings. The van der Waals surface area contributed by atoms with E-state index in [1.807, 2.05) is 6.07 Å². The molecule has 0 aliphatic carbocycles. The summed E-state index contributed by atoms with van der Waals surface area (Å²) in [5.41, 5.74) is 1.40. The lowest BCUT2D eigenvalue weighted by Crippen LogP contribution is -1.78. The number of hydrogen-bond acceptors (Lipinski definition) is 2. The van der Waals surface area contributed by atoms with E-state index in [4.69, 9.17) is 5.26 Å². The van der Waals surface area contributed by atoms with Crippen LogP contribution < -0.4 is 0 Å². The van der Waals surface area contributed by atoms with Gasteiger partial charge in [0.15, 0.2) is 0 Å². The fraction of sp³-hybridized carbons (Fsp3) is 0. The van der Waals surface area contributed by atoms with Gasteiger partial charge in [-0.1, -0.05) is 15.9 Å². The number of nitrogens with one attached hydrogen (secondary N) is 1. The fourth-order valence-corrected chi connectivity index (χ4v) is 1.58. The molecule has 0 saturated heterocycles. The van der Waals surface area contributed by atoms with Gasteiger partial charge in [0.1, 0.15) is 6.07 Å². The number of hydrogen-bond donors (Lipinski definition) is 1. The second-order valence-electron chi connectivity index (χ2n) is 2.40. The highest BCUT2D eigenvalue weighted by molar-refractivity contribution is 9.10. The number of rotatable bonds is 0. The second kappa shape index (κ2) is 2.61. The van der Waals surface area contributed by atoms with Crippen LogP contribution in [0.15, 0.2) is 22.8 Å². The second-order valence-corrected chi connectivity index (χ2v) is 3.32. The number of fused-ring (bicyclic) bond motifs is 1. The number of aromatic amines is 1. The van der Waals surface area contributed by atoms with Crippen molar-refractivity contribution in [1.82, 2.24) is 10.2 Å². The average molecular weight is 222 g/mol. The van der Waals surface area contributed by atoms with E-state index >= 15 is 0 Å². The molecule has 0 radical (unpaired) electrons. The molecule has 0 saturated carbocycles. The lowest BCUT2D eigenvalue weighted by Gasteiger charge is -1.93. The Kier molecular flexibility index (Phi) is 1.59. The van der Waals surface area contributed by atoms with Gasteiger partial charge in [-0.3, -0.25) is 5.10 Å². The molecule has 0 unspecified atom stereocenters. The largest absolute Gasteiger partial charge is 0.276 e. The van der Waals surface area contributed by atoms with Gasteiger partial charge < -0.3 is 0 Å². The van der Waals surface area contributed by atoms with Crippen molar-refractivity contribution in [2.24, 2.45) is 0 Å². The molecule has 0 atom stereocenters. The third kappa shape index (κ3) is 0.990. The normalized spacial score (nSPS) is 10.0. The summed E-state index contributed by atoms with van der Waals surface area (Å²) in [4.78, 5) is 0. The molecule has 1 aromatic heterocycles. The lowest BCUT2D eigenvalue weighted by molar-refractivity contribution is 1.12. The van der Waals surface area contributed by atoms with Crippen molar-refractivity contribution in [3.05, 3.63) is 28.4 Å².